The van der Waals surface area contributed by atoms with Crippen molar-refractivity contribution in [3.8, 4) is 5.69 Å². The van der Waals surface area contributed by atoms with Crippen LogP contribution in [0.1, 0.15) is 50.9 Å². The molecule has 6 rings (SSSR count). The lowest BCUT2D eigenvalue weighted by Gasteiger charge is -2.41. The van der Waals surface area contributed by atoms with Crippen molar-refractivity contribution >= 4 is 61.2 Å². The zero-order valence-electron chi connectivity index (χ0n) is 25.3. The number of fused-ring (bicyclic) bond motifs is 1. The predicted molar refractivity (Wildman–Crippen MR) is 183 cm³/mol. The number of hydrogen-bond acceptors (Lipinski definition) is 7. The molecule has 2 aliphatic rings. The van der Waals surface area contributed by atoms with E-state index in [1.165, 1.54) is 23.2 Å². The van der Waals surface area contributed by atoms with E-state index in [-0.39, 0.29) is 26.7 Å². The normalized spacial score (nSPS) is 16.8. The number of nitrogens with one attached hydrogen (secondary N) is 1. The number of nitrogens with zero attached hydrogens (tertiary/aromatic N) is 6. The minimum atomic E-state index is -0.977. The monoisotopic (exact) mass is 755 g/mol. The Morgan fingerprint density at radius 2 is 1.67 bits per heavy atom. The fraction of sp³-hybridized carbons (Fsp3) is 0.303. The molecule has 3 aromatic carbocycles. The topological polar surface area (TPSA) is 104 Å². The first-order chi connectivity index (χ1) is 22.1. The van der Waals surface area contributed by atoms with E-state index in [9.17, 15) is 18.8 Å². The predicted octanol–water partition coefficient (Wildman–Crippen LogP) is 5.54. The number of halogens is 3. The molecule has 46 heavy (non-hydrogen) atoms. The summed E-state index contributed by atoms with van der Waals surface area (Å²) in [5, 5.41) is 10.9. The van der Waals surface area contributed by atoms with E-state index in [4.69, 9.17) is 11.6 Å². The van der Waals surface area contributed by atoms with Crippen molar-refractivity contribution in [1.82, 2.24) is 24.8 Å². The van der Waals surface area contributed by atoms with Crippen LogP contribution in [0.15, 0.2) is 66.9 Å². The van der Waals surface area contributed by atoms with Gasteiger partial charge in [0.25, 0.3) is 11.8 Å². The largest absolute Gasteiger partial charge is 0.371 e. The average Bonchev–Trinajstić information content (AvgIpc) is 3.55. The average molecular weight is 756 g/mol. The molecule has 0 spiro atoms. The third-order valence-electron chi connectivity index (χ3n) is 8.71. The minimum Gasteiger partial charge on any atom is -0.371 e. The van der Waals surface area contributed by atoms with Crippen molar-refractivity contribution in [1.29, 1.82) is 0 Å². The summed E-state index contributed by atoms with van der Waals surface area (Å²) in [7, 11) is 4.22. The van der Waals surface area contributed by atoms with Gasteiger partial charge in [-0.15, -0.1) is 5.10 Å². The number of rotatable bonds is 7. The summed E-state index contributed by atoms with van der Waals surface area (Å²) in [6.07, 6.45) is 3.94. The van der Waals surface area contributed by atoms with Crippen LogP contribution >= 0.6 is 34.2 Å². The molecule has 0 unspecified atom stereocenters. The summed E-state index contributed by atoms with van der Waals surface area (Å²) >= 11 is 7.67. The number of benzene rings is 3. The molecule has 238 valence electrons. The zero-order valence-corrected chi connectivity index (χ0v) is 28.2. The van der Waals surface area contributed by atoms with E-state index in [0.717, 1.165) is 47.4 Å². The van der Waals surface area contributed by atoms with Gasteiger partial charge in [0.1, 0.15) is 11.7 Å². The molecule has 1 atom stereocenters. The van der Waals surface area contributed by atoms with Gasteiger partial charge in [-0.3, -0.25) is 14.4 Å². The number of carbonyl (C=O) groups excluding carboxylic acids is 3. The van der Waals surface area contributed by atoms with Crippen LogP contribution in [-0.4, -0.2) is 80.2 Å². The number of piperidine rings is 1. The van der Waals surface area contributed by atoms with Gasteiger partial charge in [0.2, 0.25) is 3.79 Å². The van der Waals surface area contributed by atoms with Crippen molar-refractivity contribution in [3.63, 3.8) is 0 Å². The van der Waals surface area contributed by atoms with E-state index in [0.29, 0.717) is 23.7 Å². The van der Waals surface area contributed by atoms with Gasteiger partial charge in [-0.05, 0) is 86.9 Å². The van der Waals surface area contributed by atoms with Crippen molar-refractivity contribution < 1.29 is 18.8 Å². The second kappa shape index (κ2) is 13.5. The Bertz CT molecular complexity index is 1790. The third kappa shape index (κ3) is 6.38. The Hall–Kier alpha value is -3.88. The Morgan fingerprint density at radius 3 is 2.37 bits per heavy atom. The molecule has 0 aliphatic carbocycles. The molecule has 4 aromatic rings. The Kier molecular flexibility index (Phi) is 9.39. The maximum absolute atomic E-state index is 14.7. The van der Waals surface area contributed by atoms with E-state index < -0.39 is 23.7 Å². The number of anilines is 2. The Labute approximate surface area is 284 Å². The molecular weight excluding hydrogens is 724 g/mol. The lowest BCUT2D eigenvalue weighted by Crippen LogP contribution is -2.46. The summed E-state index contributed by atoms with van der Waals surface area (Å²) < 4.78 is 15.8. The Morgan fingerprint density at radius 1 is 0.978 bits per heavy atom. The lowest BCUT2D eigenvalue weighted by atomic mass is 9.89. The lowest BCUT2D eigenvalue weighted by molar-refractivity contribution is -0.121. The molecule has 0 saturated carbocycles. The molecule has 2 amide bonds. The summed E-state index contributed by atoms with van der Waals surface area (Å²) in [4.78, 5) is 46.0. The van der Waals surface area contributed by atoms with Crippen LogP contribution in [0.2, 0.25) is 5.02 Å². The van der Waals surface area contributed by atoms with Crippen LogP contribution in [-0.2, 0) is 11.2 Å². The number of hydrogen-bond donors (Lipinski definition) is 1. The molecule has 2 aliphatic heterocycles. The second-order valence-electron chi connectivity index (χ2n) is 11.6. The van der Waals surface area contributed by atoms with Crippen molar-refractivity contribution in [2.45, 2.75) is 31.3 Å². The van der Waals surface area contributed by atoms with Crippen LogP contribution < -0.4 is 10.2 Å². The summed E-state index contributed by atoms with van der Waals surface area (Å²) in [6, 6.07) is 16.6. The van der Waals surface area contributed by atoms with Crippen molar-refractivity contribution in [2.75, 3.05) is 43.9 Å². The van der Waals surface area contributed by atoms with Gasteiger partial charge in [-0.25, -0.2) is 9.07 Å². The first-order valence-electron chi connectivity index (χ1n) is 14.9. The summed E-state index contributed by atoms with van der Waals surface area (Å²) in [5.41, 5.74) is 3.87. The summed E-state index contributed by atoms with van der Waals surface area (Å²) in [5.74, 6) is -1.60. The van der Waals surface area contributed by atoms with E-state index in [2.05, 4.69) is 45.6 Å². The minimum absolute atomic E-state index is 0.0348. The molecular formula is C33H32ClFIN7O3. The SMILES string of the molecule is CN(C)C1CCN(c2cccc3c2CCN(C(=O)c2cn(-c4cccc(Cl)c4F)nn2)[C@H]3C(=O)Nc2ccc(C(=O)I)cc2)CC1. The van der Waals surface area contributed by atoms with Crippen LogP contribution in [0.5, 0.6) is 0 Å². The van der Waals surface area contributed by atoms with Gasteiger partial charge in [-0.2, -0.15) is 0 Å². The van der Waals surface area contributed by atoms with Crippen LogP contribution in [0.3, 0.4) is 0 Å². The third-order valence-corrected chi connectivity index (χ3v) is 9.63. The van der Waals surface area contributed by atoms with E-state index in [1.807, 2.05) is 12.1 Å². The summed E-state index contributed by atoms with van der Waals surface area (Å²) in [6.45, 7) is 2.05. The molecule has 1 N–H and O–H groups in total. The molecule has 10 nitrogen and oxygen atoms in total. The smallest absolute Gasteiger partial charge is 0.277 e. The number of carbonyl (C=O) groups is 3. The van der Waals surface area contributed by atoms with Crippen LogP contribution in [0.25, 0.3) is 5.69 Å². The highest BCUT2D eigenvalue weighted by atomic mass is 127. The molecule has 1 saturated heterocycles. The molecule has 13 heteroatoms. The van der Waals surface area contributed by atoms with E-state index >= 15 is 0 Å². The van der Waals surface area contributed by atoms with Gasteiger partial charge in [0.05, 0.1) is 11.2 Å². The van der Waals surface area contributed by atoms with Gasteiger partial charge in [0.15, 0.2) is 11.5 Å². The van der Waals surface area contributed by atoms with Crippen molar-refractivity contribution in [2.24, 2.45) is 0 Å². The van der Waals surface area contributed by atoms with Gasteiger partial charge >= 0.3 is 0 Å². The van der Waals surface area contributed by atoms with E-state index in [1.54, 1.807) is 52.9 Å². The highest BCUT2D eigenvalue weighted by molar-refractivity contribution is 14.1. The van der Waals surface area contributed by atoms with Gasteiger partial charge in [-0.1, -0.05) is 35.0 Å². The molecule has 0 radical (unpaired) electrons. The maximum Gasteiger partial charge on any atom is 0.277 e. The maximum atomic E-state index is 14.7. The first-order valence-corrected chi connectivity index (χ1v) is 16.4. The van der Waals surface area contributed by atoms with Crippen LogP contribution in [0, 0.1) is 5.82 Å². The molecule has 3 heterocycles. The number of aromatic nitrogens is 3. The first kappa shape index (κ1) is 32.1. The second-order valence-corrected chi connectivity index (χ2v) is 13.0. The quantitative estimate of drug-likeness (QED) is 0.195. The van der Waals surface area contributed by atoms with Crippen molar-refractivity contribution in [3.05, 3.63) is 100 Å². The molecule has 1 fully saturated rings. The highest BCUT2D eigenvalue weighted by Crippen LogP contribution is 2.38. The van der Waals surface area contributed by atoms with Gasteiger partial charge < -0.3 is 20.0 Å². The van der Waals surface area contributed by atoms with Crippen LogP contribution in [0.4, 0.5) is 15.8 Å². The molecule has 1 aromatic heterocycles. The highest BCUT2D eigenvalue weighted by Gasteiger charge is 2.39. The molecule has 0 bridgehead atoms. The zero-order chi connectivity index (χ0) is 32.5. The van der Waals surface area contributed by atoms with Gasteiger partial charge in [0, 0.05) is 65.2 Å². The fourth-order valence-corrected chi connectivity index (χ4v) is 6.79. The fourth-order valence-electron chi connectivity index (χ4n) is 6.26. The standard InChI is InChI=1S/C33H32ClFIN7O3/c1-40(2)22-13-16-41(17-14-22)27-7-3-5-24-23(27)15-18-42(30(24)32(45)37-21-11-9-20(10-12-21)31(36)44)33(46)26-19-43(39-38-26)28-8-4-6-25(34)29(28)35/h3-12,19,22,30H,13-18H2,1-2H3,(H,37,45)/t30-/m1/s1. The number of amides is 2. The Balaban J connectivity index is 1.34.